The lowest BCUT2D eigenvalue weighted by atomic mass is 10.1. The number of aromatic nitrogens is 1. The molecule has 8 heteroatoms. The van der Waals surface area contributed by atoms with Crippen LogP contribution in [0.5, 0.6) is 0 Å². The number of fused-ring (bicyclic) bond motifs is 2. The Morgan fingerprint density at radius 3 is 2.75 bits per heavy atom. The minimum absolute atomic E-state index is 0.339. The molecule has 4 rings (SSSR count). The first-order valence-corrected chi connectivity index (χ1v) is 7.40. The van der Waals surface area contributed by atoms with Gasteiger partial charge in [-0.15, -0.1) is 0 Å². The molecule has 1 fully saturated rings. The van der Waals surface area contributed by atoms with E-state index in [2.05, 4.69) is 20.9 Å². The molecule has 1 saturated heterocycles. The molecule has 3 N–H and O–H groups in total. The molecule has 0 atom stereocenters. The van der Waals surface area contributed by atoms with Crippen molar-refractivity contribution in [1.29, 1.82) is 0 Å². The molecule has 0 unspecified atom stereocenters. The van der Waals surface area contributed by atoms with E-state index in [9.17, 15) is 9.59 Å². The van der Waals surface area contributed by atoms with Crippen molar-refractivity contribution in [3.05, 3.63) is 48.3 Å². The standard InChI is InChI=1S/C16H14N4O4/c21-14-16(23-7-8-24-16)11-4-1-5-12(13(11)20-14)19-15(22)18-10-3-2-6-17-9-10/h1-6,9H,7-8H2,(H,20,21)(H2,18,19,22). The quantitative estimate of drug-likeness (QED) is 0.782. The zero-order valence-electron chi connectivity index (χ0n) is 12.5. The van der Waals surface area contributed by atoms with Gasteiger partial charge in [0.15, 0.2) is 0 Å². The summed E-state index contributed by atoms with van der Waals surface area (Å²) < 4.78 is 11.0. The molecule has 2 aliphatic heterocycles. The van der Waals surface area contributed by atoms with Gasteiger partial charge in [-0.3, -0.25) is 9.78 Å². The number of carbonyl (C=O) groups is 2. The molecule has 0 saturated carbocycles. The largest absolute Gasteiger partial charge is 0.336 e. The number of nitrogens with one attached hydrogen (secondary N) is 3. The molecule has 24 heavy (non-hydrogen) atoms. The molecule has 3 amide bonds. The fourth-order valence-electron chi connectivity index (χ4n) is 2.80. The number of hydrogen-bond acceptors (Lipinski definition) is 5. The van der Waals surface area contributed by atoms with Crippen LogP contribution < -0.4 is 16.0 Å². The zero-order valence-corrected chi connectivity index (χ0v) is 12.5. The van der Waals surface area contributed by atoms with Gasteiger partial charge in [-0.2, -0.15) is 0 Å². The van der Waals surface area contributed by atoms with Crippen LogP contribution in [0.25, 0.3) is 0 Å². The third-order valence-electron chi connectivity index (χ3n) is 3.82. The van der Waals surface area contributed by atoms with Crippen LogP contribution in [0.3, 0.4) is 0 Å². The minimum Gasteiger partial charge on any atom is -0.336 e. The van der Waals surface area contributed by atoms with E-state index in [1.165, 1.54) is 6.20 Å². The van der Waals surface area contributed by atoms with E-state index in [1.54, 1.807) is 36.5 Å². The predicted octanol–water partition coefficient (Wildman–Crippen LogP) is 1.88. The molecule has 2 aromatic rings. The molecule has 122 valence electrons. The first kappa shape index (κ1) is 14.6. The molecule has 1 spiro atoms. The average molecular weight is 326 g/mol. The summed E-state index contributed by atoms with van der Waals surface area (Å²) in [5.74, 6) is -1.80. The van der Waals surface area contributed by atoms with Gasteiger partial charge >= 0.3 is 6.03 Å². The zero-order chi connectivity index (χ0) is 16.6. The van der Waals surface area contributed by atoms with E-state index >= 15 is 0 Å². The third-order valence-corrected chi connectivity index (χ3v) is 3.82. The lowest BCUT2D eigenvalue weighted by molar-refractivity contribution is -0.178. The second kappa shape index (κ2) is 5.59. The number of ether oxygens (including phenoxy) is 2. The summed E-state index contributed by atoms with van der Waals surface area (Å²) >= 11 is 0. The van der Waals surface area contributed by atoms with Crippen LogP contribution in [-0.2, 0) is 20.1 Å². The van der Waals surface area contributed by atoms with E-state index in [4.69, 9.17) is 9.47 Å². The highest BCUT2D eigenvalue weighted by Gasteiger charge is 2.53. The maximum atomic E-state index is 12.3. The highest BCUT2D eigenvalue weighted by atomic mass is 16.7. The Bertz CT molecular complexity index is 803. The van der Waals surface area contributed by atoms with Crippen LogP contribution in [-0.4, -0.2) is 30.1 Å². The Kier molecular flexibility index (Phi) is 3.40. The Hall–Kier alpha value is -2.97. The van der Waals surface area contributed by atoms with Crippen molar-refractivity contribution in [3.8, 4) is 0 Å². The maximum Gasteiger partial charge on any atom is 0.323 e. The fourth-order valence-corrected chi connectivity index (χ4v) is 2.80. The topological polar surface area (TPSA) is 102 Å². The number of pyridine rings is 1. The molecule has 3 heterocycles. The number of carbonyl (C=O) groups excluding carboxylic acids is 2. The highest BCUT2D eigenvalue weighted by molar-refractivity contribution is 6.10. The Morgan fingerprint density at radius 1 is 1.17 bits per heavy atom. The Morgan fingerprint density at radius 2 is 2.00 bits per heavy atom. The number of hydrogen-bond donors (Lipinski definition) is 3. The monoisotopic (exact) mass is 326 g/mol. The van der Waals surface area contributed by atoms with E-state index in [0.717, 1.165) is 0 Å². The molecule has 8 nitrogen and oxygen atoms in total. The number of urea groups is 1. The van der Waals surface area contributed by atoms with Gasteiger partial charge in [0.1, 0.15) is 0 Å². The SMILES string of the molecule is O=C(Nc1cccnc1)Nc1cccc2c1NC(=O)C21OCCO1. The second-order valence-corrected chi connectivity index (χ2v) is 5.32. The smallest absolute Gasteiger partial charge is 0.323 e. The normalized spacial score (nSPS) is 17.4. The first-order chi connectivity index (χ1) is 11.7. The van der Waals surface area contributed by atoms with Crippen molar-refractivity contribution >= 4 is 29.0 Å². The van der Waals surface area contributed by atoms with Gasteiger partial charge in [0.05, 0.1) is 36.5 Å². The van der Waals surface area contributed by atoms with Crippen molar-refractivity contribution < 1.29 is 19.1 Å². The van der Waals surface area contributed by atoms with Crippen molar-refractivity contribution in [2.75, 3.05) is 29.2 Å². The van der Waals surface area contributed by atoms with E-state index < -0.39 is 17.7 Å². The Labute approximate surface area is 137 Å². The fraction of sp³-hybridized carbons (Fsp3) is 0.188. The van der Waals surface area contributed by atoms with E-state index in [0.29, 0.717) is 35.8 Å². The molecular formula is C16H14N4O4. The van der Waals surface area contributed by atoms with Crippen LogP contribution in [0, 0.1) is 0 Å². The highest BCUT2D eigenvalue weighted by Crippen LogP contribution is 2.45. The number of benzene rings is 1. The number of amides is 3. The molecular weight excluding hydrogens is 312 g/mol. The van der Waals surface area contributed by atoms with Gasteiger partial charge in [0.2, 0.25) is 0 Å². The summed E-state index contributed by atoms with van der Waals surface area (Å²) in [5.41, 5.74) is 2.05. The summed E-state index contributed by atoms with van der Waals surface area (Å²) in [5, 5.41) is 8.10. The summed E-state index contributed by atoms with van der Waals surface area (Å²) in [7, 11) is 0. The van der Waals surface area contributed by atoms with Crippen LogP contribution in [0.15, 0.2) is 42.7 Å². The minimum atomic E-state index is -1.41. The third kappa shape index (κ3) is 2.29. The van der Waals surface area contributed by atoms with Gasteiger partial charge in [0.25, 0.3) is 11.7 Å². The van der Waals surface area contributed by atoms with Gasteiger partial charge in [-0.1, -0.05) is 12.1 Å². The van der Waals surface area contributed by atoms with E-state index in [-0.39, 0.29) is 0 Å². The van der Waals surface area contributed by atoms with Crippen LogP contribution in [0.2, 0.25) is 0 Å². The van der Waals surface area contributed by atoms with Crippen molar-refractivity contribution in [1.82, 2.24) is 4.98 Å². The number of para-hydroxylation sites is 1. The summed E-state index contributed by atoms with van der Waals surface area (Å²) in [6.45, 7) is 0.679. The molecule has 2 aliphatic rings. The molecule has 1 aromatic heterocycles. The lowest BCUT2D eigenvalue weighted by Crippen LogP contribution is -2.35. The first-order valence-electron chi connectivity index (χ1n) is 7.40. The van der Waals surface area contributed by atoms with Crippen molar-refractivity contribution in [3.63, 3.8) is 0 Å². The van der Waals surface area contributed by atoms with Crippen molar-refractivity contribution in [2.45, 2.75) is 5.79 Å². The van der Waals surface area contributed by atoms with Crippen LogP contribution in [0.4, 0.5) is 21.9 Å². The number of nitrogens with zero attached hydrogens (tertiary/aromatic N) is 1. The summed E-state index contributed by atoms with van der Waals surface area (Å²) in [6, 6.07) is 8.15. The van der Waals surface area contributed by atoms with Crippen LogP contribution >= 0.6 is 0 Å². The predicted molar refractivity (Wildman–Crippen MR) is 85.5 cm³/mol. The van der Waals surface area contributed by atoms with Gasteiger partial charge in [-0.05, 0) is 18.2 Å². The average Bonchev–Trinajstić information content (AvgIpc) is 3.17. The maximum absolute atomic E-state index is 12.3. The summed E-state index contributed by atoms with van der Waals surface area (Å²) in [6.07, 6.45) is 3.15. The number of anilines is 3. The molecule has 1 aromatic carbocycles. The molecule has 0 radical (unpaired) electrons. The summed E-state index contributed by atoms with van der Waals surface area (Å²) in [4.78, 5) is 28.4. The molecule has 0 aliphatic carbocycles. The number of rotatable bonds is 2. The van der Waals surface area contributed by atoms with Crippen molar-refractivity contribution in [2.24, 2.45) is 0 Å². The van der Waals surface area contributed by atoms with Gasteiger partial charge in [-0.25, -0.2) is 4.79 Å². The lowest BCUT2D eigenvalue weighted by Gasteiger charge is -2.19. The molecule has 0 bridgehead atoms. The Balaban J connectivity index is 1.59. The second-order valence-electron chi connectivity index (χ2n) is 5.32. The van der Waals surface area contributed by atoms with Crippen LogP contribution in [0.1, 0.15) is 5.56 Å². The van der Waals surface area contributed by atoms with Gasteiger partial charge in [0, 0.05) is 11.8 Å². The van der Waals surface area contributed by atoms with Gasteiger partial charge < -0.3 is 25.4 Å². The van der Waals surface area contributed by atoms with E-state index in [1.807, 2.05) is 0 Å².